The van der Waals surface area contributed by atoms with Crippen molar-refractivity contribution in [2.75, 3.05) is 13.7 Å². The Morgan fingerprint density at radius 2 is 1.84 bits per heavy atom. The largest absolute Gasteiger partial charge is 0.438 e. The van der Waals surface area contributed by atoms with Gasteiger partial charge in [-0.15, -0.1) is 0 Å². The number of hydrogen-bond acceptors (Lipinski definition) is 6. The molecule has 1 spiro atoms. The highest BCUT2D eigenvalue weighted by atomic mass is 16.7. The molecule has 1 saturated heterocycles. The molecule has 1 amide bonds. The molecule has 6 aliphatic rings. The number of carbonyl (C=O) groups is 2. The van der Waals surface area contributed by atoms with Crippen LogP contribution < -0.4 is 0 Å². The molecule has 0 unspecified atom stereocenters. The van der Waals surface area contributed by atoms with Crippen LogP contribution >= 0.6 is 0 Å². The molecule has 0 aromatic heterocycles. The molecule has 2 bridgehead atoms. The standard InChI is InChI=1S/C31H45NO6/c1-17-15-30-18(2)13-22-23(28(22,3)4)21(24(30)33)14-19-16-36-29(5,6)38-26(19)31(30,35)25(17)37-27(34)32(7)20-11-9-8-10-12-20/h14-15,18,20-23,25-26,35H,8-13,16H2,1-7H3/t18-,21+,22-,23+,25+,26-,30+,31-/m1/s1. The summed E-state index contributed by atoms with van der Waals surface area (Å²) in [5.74, 6) is -0.773. The smallest absolute Gasteiger partial charge is 0.410 e. The number of amides is 1. The highest BCUT2D eigenvalue weighted by molar-refractivity contribution is 5.95. The van der Waals surface area contributed by atoms with Crippen molar-refractivity contribution in [2.24, 2.45) is 34.5 Å². The van der Waals surface area contributed by atoms with Gasteiger partial charge in [0.2, 0.25) is 0 Å². The van der Waals surface area contributed by atoms with Crippen molar-refractivity contribution in [3.05, 3.63) is 23.3 Å². The highest BCUT2D eigenvalue weighted by Gasteiger charge is 2.77. The van der Waals surface area contributed by atoms with E-state index in [1.165, 1.54) is 6.42 Å². The van der Waals surface area contributed by atoms with Gasteiger partial charge in [-0.05, 0) is 74.3 Å². The lowest BCUT2D eigenvalue weighted by atomic mass is 9.59. The van der Waals surface area contributed by atoms with Crippen LogP contribution in [-0.4, -0.2) is 65.2 Å². The highest BCUT2D eigenvalue weighted by Crippen LogP contribution is 2.72. The van der Waals surface area contributed by atoms with E-state index < -0.39 is 35.1 Å². The summed E-state index contributed by atoms with van der Waals surface area (Å²) in [4.78, 5) is 30.0. The molecular weight excluding hydrogens is 482 g/mol. The Morgan fingerprint density at radius 3 is 2.53 bits per heavy atom. The van der Waals surface area contributed by atoms with E-state index in [1.54, 1.807) is 11.9 Å². The molecule has 3 saturated carbocycles. The fourth-order valence-electron chi connectivity index (χ4n) is 9.10. The molecule has 5 aliphatic carbocycles. The van der Waals surface area contributed by atoms with E-state index >= 15 is 0 Å². The van der Waals surface area contributed by atoms with E-state index in [2.05, 4.69) is 20.8 Å². The van der Waals surface area contributed by atoms with Crippen LogP contribution in [-0.2, 0) is 19.0 Å². The van der Waals surface area contributed by atoms with E-state index in [-0.39, 0.29) is 41.6 Å². The second-order valence-electron chi connectivity index (χ2n) is 14.2. The van der Waals surface area contributed by atoms with E-state index in [1.807, 2.05) is 32.9 Å². The third kappa shape index (κ3) is 3.43. The second-order valence-corrected chi connectivity index (χ2v) is 14.2. The zero-order valence-corrected chi connectivity index (χ0v) is 24.1. The fourth-order valence-corrected chi connectivity index (χ4v) is 9.10. The minimum atomic E-state index is -1.76. The molecular formula is C31H45NO6. The lowest BCUT2D eigenvalue weighted by Crippen LogP contribution is -2.68. The lowest BCUT2D eigenvalue weighted by Gasteiger charge is -2.52. The molecule has 7 heteroatoms. The number of ketones is 1. The first-order valence-corrected chi connectivity index (χ1v) is 14.7. The van der Waals surface area contributed by atoms with Gasteiger partial charge in [-0.25, -0.2) is 4.79 Å². The van der Waals surface area contributed by atoms with Crippen LogP contribution in [0, 0.1) is 34.5 Å². The number of Topliss-reactive ketones (excluding diaryl/α,β-unsaturated/α-hetero) is 1. The van der Waals surface area contributed by atoms with Gasteiger partial charge in [0.1, 0.15) is 6.10 Å². The first-order chi connectivity index (χ1) is 17.8. The van der Waals surface area contributed by atoms with Crippen molar-refractivity contribution < 1.29 is 28.9 Å². The monoisotopic (exact) mass is 527 g/mol. The van der Waals surface area contributed by atoms with E-state index in [4.69, 9.17) is 14.2 Å². The molecule has 4 fully saturated rings. The number of aliphatic hydroxyl groups is 1. The fraction of sp³-hybridized carbons (Fsp3) is 0.806. The first kappa shape index (κ1) is 26.5. The molecule has 8 atom stereocenters. The molecule has 0 aromatic rings. The van der Waals surface area contributed by atoms with Crippen LogP contribution in [0.4, 0.5) is 4.79 Å². The van der Waals surface area contributed by atoms with Crippen molar-refractivity contribution in [2.45, 2.75) is 110 Å². The van der Waals surface area contributed by atoms with Crippen LogP contribution in [0.15, 0.2) is 23.3 Å². The minimum absolute atomic E-state index is 0.0346. The number of hydrogen-bond donors (Lipinski definition) is 1. The third-order valence-corrected chi connectivity index (χ3v) is 11.3. The molecule has 1 aliphatic heterocycles. The molecule has 7 nitrogen and oxygen atoms in total. The van der Waals surface area contributed by atoms with Gasteiger partial charge in [0.15, 0.2) is 23.3 Å². The summed E-state index contributed by atoms with van der Waals surface area (Å²) in [6, 6.07) is 0.130. The molecule has 210 valence electrons. The van der Waals surface area contributed by atoms with E-state index in [0.29, 0.717) is 5.92 Å². The normalized spacial score (nSPS) is 44.9. The Kier molecular flexibility index (Phi) is 5.86. The number of carbonyl (C=O) groups excluding carboxylic acids is 2. The van der Waals surface area contributed by atoms with E-state index in [0.717, 1.165) is 43.3 Å². The Morgan fingerprint density at radius 1 is 1.16 bits per heavy atom. The van der Waals surface area contributed by atoms with Crippen LogP contribution in [0.5, 0.6) is 0 Å². The molecule has 1 N–H and O–H groups in total. The van der Waals surface area contributed by atoms with E-state index in [9.17, 15) is 14.7 Å². The van der Waals surface area contributed by atoms with Crippen molar-refractivity contribution in [3.8, 4) is 0 Å². The average molecular weight is 528 g/mol. The SMILES string of the molecule is CC1=C[C@]23C(=O)[C@@H](C=C4COC(C)(C)O[C@H]4[C@]2(O)[C@H]1OC(=O)N(C)C1CCCCC1)[C@H]1[C@@H](C[C@H]3C)C1(C)C. The third-order valence-electron chi connectivity index (χ3n) is 11.3. The van der Waals surface area contributed by atoms with Crippen molar-refractivity contribution in [1.29, 1.82) is 0 Å². The number of allylic oxidation sites excluding steroid dienone is 1. The van der Waals surface area contributed by atoms with Gasteiger partial charge in [-0.1, -0.05) is 52.2 Å². The summed E-state index contributed by atoms with van der Waals surface area (Å²) >= 11 is 0. The number of rotatable bonds is 2. The molecule has 38 heavy (non-hydrogen) atoms. The Bertz CT molecular complexity index is 1100. The van der Waals surface area contributed by atoms with Gasteiger partial charge in [0.25, 0.3) is 0 Å². The summed E-state index contributed by atoms with van der Waals surface area (Å²) in [6.07, 6.45) is 7.87. The molecule has 6 rings (SSSR count). The first-order valence-electron chi connectivity index (χ1n) is 14.7. The maximum absolute atomic E-state index is 14.8. The van der Waals surface area contributed by atoms with Crippen LogP contribution in [0.2, 0.25) is 0 Å². The van der Waals surface area contributed by atoms with Gasteiger partial charge in [0, 0.05) is 19.0 Å². The summed E-state index contributed by atoms with van der Waals surface area (Å²) in [7, 11) is 1.80. The summed E-state index contributed by atoms with van der Waals surface area (Å²) in [5, 5.41) is 13.1. The average Bonchev–Trinajstić information content (AvgIpc) is 3.36. The van der Waals surface area contributed by atoms with Crippen LogP contribution in [0.25, 0.3) is 0 Å². The molecule has 0 radical (unpaired) electrons. The van der Waals surface area contributed by atoms with Gasteiger partial charge in [0.05, 0.1) is 12.0 Å². The lowest BCUT2D eigenvalue weighted by molar-refractivity contribution is -0.303. The maximum Gasteiger partial charge on any atom is 0.410 e. The zero-order chi connectivity index (χ0) is 27.4. The van der Waals surface area contributed by atoms with Crippen molar-refractivity contribution in [3.63, 3.8) is 0 Å². The quantitative estimate of drug-likeness (QED) is 0.508. The Hall–Kier alpha value is -1.70. The number of fused-ring (bicyclic) bond motifs is 5. The predicted molar refractivity (Wildman–Crippen MR) is 142 cm³/mol. The Labute approximate surface area is 226 Å². The topological polar surface area (TPSA) is 85.3 Å². The Balaban J connectivity index is 1.45. The number of nitrogens with zero attached hydrogens (tertiary/aromatic N) is 1. The van der Waals surface area contributed by atoms with Gasteiger partial charge < -0.3 is 24.2 Å². The molecule has 1 heterocycles. The second kappa shape index (κ2) is 8.40. The van der Waals surface area contributed by atoms with Crippen molar-refractivity contribution >= 4 is 11.9 Å². The summed E-state index contributed by atoms with van der Waals surface area (Å²) in [6.45, 7) is 12.4. The predicted octanol–water partition coefficient (Wildman–Crippen LogP) is 5.02. The maximum atomic E-state index is 14.8. The van der Waals surface area contributed by atoms with Gasteiger partial charge >= 0.3 is 6.09 Å². The summed E-state index contributed by atoms with van der Waals surface area (Å²) in [5.41, 5.74) is -1.41. The summed E-state index contributed by atoms with van der Waals surface area (Å²) < 4.78 is 18.8. The number of ether oxygens (including phenoxy) is 3. The van der Waals surface area contributed by atoms with Crippen LogP contribution in [0.1, 0.15) is 80.1 Å². The minimum Gasteiger partial charge on any atom is -0.438 e. The molecule has 0 aromatic carbocycles. The van der Waals surface area contributed by atoms with Gasteiger partial charge in [-0.2, -0.15) is 0 Å². The van der Waals surface area contributed by atoms with Crippen LogP contribution in [0.3, 0.4) is 0 Å². The van der Waals surface area contributed by atoms with Crippen molar-refractivity contribution in [1.82, 2.24) is 4.90 Å². The zero-order valence-electron chi connectivity index (χ0n) is 24.1. The van der Waals surface area contributed by atoms with Gasteiger partial charge in [-0.3, -0.25) is 4.79 Å².